The highest BCUT2D eigenvalue weighted by Crippen LogP contribution is 2.44. The molecule has 2 aliphatic heterocycles. The van der Waals surface area contributed by atoms with Gasteiger partial charge < -0.3 is 73.2 Å². The van der Waals surface area contributed by atoms with Crippen LogP contribution in [0.2, 0.25) is 0 Å². The van der Waals surface area contributed by atoms with E-state index in [1.807, 2.05) is 55.4 Å². The molecule has 109 heavy (non-hydrogen) atoms. The minimum Gasteiger partial charge on any atom is -0.381 e. The van der Waals surface area contributed by atoms with Gasteiger partial charge in [0.15, 0.2) is 12.2 Å². The van der Waals surface area contributed by atoms with Crippen LogP contribution in [0.15, 0.2) is 60.7 Å². The fraction of sp³-hybridized carbons (Fsp3) is 0.711. The van der Waals surface area contributed by atoms with Crippen molar-refractivity contribution in [2.75, 3.05) is 10.6 Å². The average Bonchev–Trinajstić information content (AvgIpc) is 1.63. The molecule has 26 heteroatoms. The largest absolute Gasteiger partial charge is 0.381 e. The topological polar surface area (TPSA) is 372 Å². The van der Waals surface area contributed by atoms with E-state index in [2.05, 4.69) is 53.2 Å². The summed E-state index contributed by atoms with van der Waals surface area (Å²) in [5, 5.41) is 50.0. The number of aliphatic hydroxyl groups is 2. The van der Waals surface area contributed by atoms with Gasteiger partial charge in [0.2, 0.25) is 35.4 Å². The van der Waals surface area contributed by atoms with Crippen LogP contribution >= 0.6 is 0 Å². The summed E-state index contributed by atoms with van der Waals surface area (Å²) < 4.78 is 0. The zero-order valence-electron chi connectivity index (χ0n) is 63.7. The summed E-state index contributed by atoms with van der Waals surface area (Å²) in [5.41, 5.74) is -0.665. The maximum Gasteiger partial charge on any atom is 0.313 e. The third-order valence-electron chi connectivity index (χ3n) is 22.9. The number of fused-ring (bicyclic) bond motifs is 2. The molecule has 0 radical (unpaired) electrons. The lowest BCUT2D eigenvalue weighted by atomic mass is 9.81. The first kappa shape index (κ1) is 89.9. The molecule has 2 aromatic rings. The smallest absolute Gasteiger partial charge is 0.313 e. The summed E-state index contributed by atoms with van der Waals surface area (Å²) in [5.74, 6) is -7.58. The lowest BCUT2D eigenvalue weighted by Gasteiger charge is -2.40. The van der Waals surface area contributed by atoms with Gasteiger partial charge >= 0.3 is 23.6 Å². The summed E-state index contributed by atoms with van der Waals surface area (Å²) in [7, 11) is 0. The molecule has 8 aliphatic rings. The zero-order valence-corrected chi connectivity index (χ0v) is 63.7. The Morgan fingerprint density at radius 1 is 0.404 bits per heavy atom. The Labute approximate surface area is 647 Å². The van der Waals surface area contributed by atoms with Crippen LogP contribution in [0.5, 0.6) is 0 Å². The van der Waals surface area contributed by atoms with Gasteiger partial charge in [0.05, 0.1) is 12.1 Å². The molecule has 12 amide bonds. The summed E-state index contributed by atoms with van der Waals surface area (Å²) in [6.07, 6.45) is 18.9. The standard InChI is InChI=1S/2C40H60N6O7.3CH4/c2*1-5-14-28(32(47)36(50)41-27-21-22-27)43-34(48)30-23-25-17-12-13-20-29(25)46(30)39(53)33(40(2,3)4)45-35(49)31(24-15-8-6-9-16-24)44-38(52)37(51)42-26-18-10-7-11-19-26;;;/h2*7,10-11,18-19,24-25,27-33,47H,5-6,8-9,12-17,20-23H2,1-4H3,(H,41,50)(H,42,51)(H,43,48)(H,44,52)(H,45,49);3*1H4/t2*25?,28-,29?,30-,31-,32?,33+;;;/m00.../s1. The van der Waals surface area contributed by atoms with Crippen molar-refractivity contribution in [1.82, 2.24) is 52.3 Å². The fourth-order valence-corrected chi connectivity index (χ4v) is 16.8. The second-order valence-electron chi connectivity index (χ2n) is 33.4. The Hall–Kier alpha value is -8.00. The summed E-state index contributed by atoms with van der Waals surface area (Å²) in [4.78, 5) is 168. The molecule has 0 spiro atoms. The third kappa shape index (κ3) is 24.5. The molecular formula is C83H132N12O14. The van der Waals surface area contributed by atoms with Gasteiger partial charge in [-0.2, -0.15) is 0 Å². The zero-order chi connectivity index (χ0) is 76.6. The van der Waals surface area contributed by atoms with Crippen molar-refractivity contribution < 1.29 is 67.7 Å². The van der Waals surface area contributed by atoms with Crippen LogP contribution in [-0.2, 0) is 57.5 Å². The number of rotatable bonds is 26. The Morgan fingerprint density at radius 3 is 1.04 bits per heavy atom. The van der Waals surface area contributed by atoms with Gasteiger partial charge in [-0.3, -0.25) is 57.5 Å². The van der Waals surface area contributed by atoms with Crippen molar-refractivity contribution in [3.8, 4) is 0 Å². The third-order valence-corrected chi connectivity index (χ3v) is 22.9. The number of benzene rings is 2. The molecule has 2 heterocycles. The summed E-state index contributed by atoms with van der Waals surface area (Å²) in [6.45, 7) is 15.0. The number of hydrogen-bond donors (Lipinski definition) is 12. The van der Waals surface area contributed by atoms with Crippen LogP contribution in [-0.4, -0.2) is 176 Å². The first-order chi connectivity index (χ1) is 50.6. The van der Waals surface area contributed by atoms with E-state index in [1.165, 1.54) is 0 Å². The van der Waals surface area contributed by atoms with Crippen molar-refractivity contribution >= 4 is 82.3 Å². The molecule has 0 aromatic heterocycles. The molecule has 6 unspecified atom stereocenters. The molecule has 26 nitrogen and oxygen atoms in total. The van der Waals surface area contributed by atoms with E-state index in [0.29, 0.717) is 75.6 Å². The van der Waals surface area contributed by atoms with Crippen molar-refractivity contribution in [2.45, 2.75) is 342 Å². The van der Waals surface area contributed by atoms with Gasteiger partial charge in [-0.15, -0.1) is 0 Å². The van der Waals surface area contributed by atoms with E-state index < -0.39 is 130 Å². The predicted molar refractivity (Wildman–Crippen MR) is 420 cm³/mol. The van der Waals surface area contributed by atoms with Crippen molar-refractivity contribution in [3.63, 3.8) is 0 Å². The lowest BCUT2D eigenvalue weighted by Crippen LogP contribution is -2.63. The fourth-order valence-electron chi connectivity index (χ4n) is 16.8. The predicted octanol–water partition coefficient (Wildman–Crippen LogP) is 8.52. The monoisotopic (exact) mass is 1520 g/mol. The Morgan fingerprint density at radius 2 is 0.725 bits per heavy atom. The number of anilines is 2. The number of carbonyl (C=O) groups is 12. The van der Waals surface area contributed by atoms with Crippen molar-refractivity contribution in [1.29, 1.82) is 0 Å². The molecule has 6 aliphatic carbocycles. The minimum atomic E-state index is -1.42. The van der Waals surface area contributed by atoms with E-state index >= 15 is 0 Å². The Balaban J connectivity index is 0.000000332. The first-order valence-corrected chi connectivity index (χ1v) is 39.7. The van der Waals surface area contributed by atoms with Crippen LogP contribution < -0.4 is 53.2 Å². The normalized spacial score (nSPS) is 23.4. The molecule has 608 valence electrons. The quantitative estimate of drug-likeness (QED) is 0.0393. The minimum absolute atomic E-state index is 0. The van der Waals surface area contributed by atoms with Gasteiger partial charge in [0.25, 0.3) is 11.8 Å². The molecule has 2 aromatic carbocycles. The molecule has 6 saturated carbocycles. The van der Waals surface area contributed by atoms with Crippen LogP contribution in [0.4, 0.5) is 11.4 Å². The highest BCUT2D eigenvalue weighted by atomic mass is 16.3. The molecule has 2 saturated heterocycles. The van der Waals surface area contributed by atoms with Gasteiger partial charge in [-0.25, -0.2) is 0 Å². The lowest BCUT2D eigenvalue weighted by molar-refractivity contribution is -0.147. The number of carbonyl (C=O) groups excluding carboxylic acids is 12. The molecule has 12 N–H and O–H groups in total. The number of amides is 12. The molecular weight excluding hydrogens is 1390 g/mol. The number of aliphatic hydroxyl groups excluding tert-OH is 2. The van der Waals surface area contributed by atoms with Crippen LogP contribution in [0.25, 0.3) is 0 Å². The number of nitrogens with one attached hydrogen (secondary N) is 10. The van der Waals surface area contributed by atoms with E-state index in [0.717, 1.165) is 116 Å². The van der Waals surface area contributed by atoms with E-state index in [1.54, 1.807) is 70.5 Å². The molecule has 10 rings (SSSR count). The highest BCUT2D eigenvalue weighted by Gasteiger charge is 2.54. The average molecular weight is 1520 g/mol. The maximum atomic E-state index is 14.9. The number of nitrogens with zero attached hydrogens (tertiary/aromatic N) is 2. The second kappa shape index (κ2) is 41.3. The van der Waals surface area contributed by atoms with Gasteiger partial charge in [-0.1, -0.05) is 191 Å². The van der Waals surface area contributed by atoms with Crippen LogP contribution in [0, 0.1) is 34.5 Å². The molecule has 14 atom stereocenters. The van der Waals surface area contributed by atoms with Crippen molar-refractivity contribution in [2.24, 2.45) is 34.5 Å². The number of likely N-dealkylation sites (tertiary alicyclic amines) is 2. The van der Waals surface area contributed by atoms with E-state index in [9.17, 15) is 67.7 Å². The first-order valence-electron chi connectivity index (χ1n) is 39.7. The van der Waals surface area contributed by atoms with Crippen LogP contribution in [0.3, 0.4) is 0 Å². The highest BCUT2D eigenvalue weighted by molar-refractivity contribution is 6.40. The summed E-state index contributed by atoms with van der Waals surface area (Å²) >= 11 is 0. The Kier molecular flexibility index (Phi) is 34.1. The summed E-state index contributed by atoms with van der Waals surface area (Å²) in [6, 6.07) is 9.42. The van der Waals surface area contributed by atoms with Crippen molar-refractivity contribution in [3.05, 3.63) is 60.7 Å². The molecule has 0 bridgehead atoms. The van der Waals surface area contributed by atoms with Crippen LogP contribution in [0.1, 0.15) is 257 Å². The van der Waals surface area contributed by atoms with E-state index in [-0.39, 0.29) is 81.9 Å². The molecule has 8 fully saturated rings. The number of hydrogen-bond acceptors (Lipinski definition) is 14. The maximum absolute atomic E-state index is 14.9. The Bertz CT molecular complexity index is 3160. The van der Waals surface area contributed by atoms with E-state index in [4.69, 9.17) is 0 Å². The number of para-hydroxylation sites is 2. The SMILES string of the molecule is C.C.C.CCC[C@H](NC(=O)[C@@H]1CC2CCCCC2N1C(=O)[C@@H](NC(=O)[C@@H](NC(=O)C(=O)Nc1ccccc1)C1CCCCC1)C(C)(C)C)C(O)C(=O)NC1CC1.CCC[C@H](NC(=O)[C@@H]1CC2CCCCC2N1C(=O)[C@@H](NC(=O)[C@@H](NC(=O)C(=O)Nc1ccccc1)C1CCCCC1)C(C)(C)C)C(O)C(=O)NC1CC1. The van der Waals surface area contributed by atoms with Gasteiger partial charge in [-0.05, 0) is 162 Å². The van der Waals surface area contributed by atoms with Gasteiger partial charge in [0, 0.05) is 35.5 Å². The van der Waals surface area contributed by atoms with Gasteiger partial charge in [0.1, 0.15) is 36.3 Å². The second-order valence-corrected chi connectivity index (χ2v) is 33.4.